The molecule has 0 aromatic rings. The van der Waals surface area contributed by atoms with Gasteiger partial charge in [-0.3, -0.25) is 4.79 Å². The predicted octanol–water partition coefficient (Wildman–Crippen LogP) is 0.886. The van der Waals surface area contributed by atoms with Gasteiger partial charge in [0.25, 0.3) is 5.24 Å². The lowest BCUT2D eigenvalue weighted by Gasteiger charge is -1.96. The predicted molar refractivity (Wildman–Crippen MR) is 33.0 cm³/mol. The summed E-state index contributed by atoms with van der Waals surface area (Å²) in [5.74, 6) is -0.000772. The number of ether oxygens (including phenoxy) is 2. The number of carbonyl (C=O) groups is 1. The lowest BCUT2D eigenvalue weighted by Crippen LogP contribution is -1.95. The zero-order valence-corrected chi connectivity index (χ0v) is 5.94. The fourth-order valence-corrected chi connectivity index (χ4v) is 0.403. The van der Waals surface area contributed by atoms with Crippen LogP contribution in [0.5, 0.6) is 0 Å². The lowest BCUT2D eigenvalue weighted by molar-refractivity contribution is -0.111. The second kappa shape index (κ2) is 4.21. The number of carbonyl (C=O) groups excluding carboxylic acids is 1. The van der Waals surface area contributed by atoms with Gasteiger partial charge in [-0.25, -0.2) is 0 Å². The van der Waals surface area contributed by atoms with E-state index in [0.717, 1.165) is 6.26 Å². The molecule has 0 radical (unpaired) electrons. The Bertz CT molecular complexity index is 130. The molecule has 0 aromatic heterocycles. The molecule has 0 N–H and O–H groups in total. The van der Waals surface area contributed by atoms with Crippen molar-refractivity contribution < 1.29 is 14.3 Å². The van der Waals surface area contributed by atoms with Crippen LogP contribution in [0.1, 0.15) is 0 Å². The van der Waals surface area contributed by atoms with Crippen molar-refractivity contribution in [2.45, 2.75) is 0 Å². The topological polar surface area (TPSA) is 35.5 Å². The van der Waals surface area contributed by atoms with E-state index in [1.165, 1.54) is 14.2 Å². The van der Waals surface area contributed by atoms with Crippen molar-refractivity contribution in [3.05, 3.63) is 12.0 Å². The van der Waals surface area contributed by atoms with Crippen LogP contribution in [-0.2, 0) is 14.3 Å². The van der Waals surface area contributed by atoms with Gasteiger partial charge in [0.05, 0.1) is 14.2 Å². The summed E-state index contributed by atoms with van der Waals surface area (Å²) in [7, 11) is 2.74. The maximum Gasteiger partial charge on any atom is 0.290 e. The minimum Gasteiger partial charge on any atom is -0.500 e. The molecular weight excluding hydrogens is 144 g/mol. The third-order valence-electron chi connectivity index (χ3n) is 0.639. The van der Waals surface area contributed by atoms with Crippen molar-refractivity contribution >= 4 is 16.8 Å². The molecule has 0 atom stereocenters. The maximum absolute atomic E-state index is 10.3. The molecule has 0 rings (SSSR count). The molecule has 0 aromatic carbocycles. The summed E-state index contributed by atoms with van der Waals surface area (Å²) < 4.78 is 8.97. The van der Waals surface area contributed by atoms with E-state index in [1.54, 1.807) is 0 Å². The highest BCUT2D eigenvalue weighted by atomic mass is 35.5. The molecular formula is C5H7ClO3. The highest BCUT2D eigenvalue weighted by molar-refractivity contribution is 6.67. The fourth-order valence-electron chi connectivity index (χ4n) is 0.282. The van der Waals surface area contributed by atoms with Gasteiger partial charge >= 0.3 is 0 Å². The van der Waals surface area contributed by atoms with Gasteiger partial charge in [0, 0.05) is 0 Å². The minimum atomic E-state index is -0.667. The summed E-state index contributed by atoms with van der Waals surface area (Å²) in [4.78, 5) is 10.3. The summed E-state index contributed by atoms with van der Waals surface area (Å²) in [6.45, 7) is 0. The summed E-state index contributed by atoms with van der Waals surface area (Å²) in [5.41, 5.74) is 0. The first kappa shape index (κ1) is 8.30. The molecule has 0 aliphatic heterocycles. The summed E-state index contributed by atoms with van der Waals surface area (Å²) in [6.07, 6.45) is 1.13. The molecule has 0 saturated carbocycles. The van der Waals surface area contributed by atoms with Crippen LogP contribution in [0.25, 0.3) is 0 Å². The van der Waals surface area contributed by atoms with E-state index >= 15 is 0 Å². The normalized spacial score (nSPS) is 10.8. The highest BCUT2D eigenvalue weighted by Crippen LogP contribution is 1.99. The van der Waals surface area contributed by atoms with Gasteiger partial charge < -0.3 is 9.47 Å². The van der Waals surface area contributed by atoms with E-state index in [1.807, 2.05) is 0 Å². The molecule has 0 aliphatic carbocycles. The molecule has 0 aliphatic rings. The van der Waals surface area contributed by atoms with Crippen LogP contribution in [0.15, 0.2) is 12.0 Å². The van der Waals surface area contributed by atoms with Crippen molar-refractivity contribution in [3.63, 3.8) is 0 Å². The van der Waals surface area contributed by atoms with Gasteiger partial charge in [0.1, 0.15) is 6.26 Å². The second-order valence-electron chi connectivity index (χ2n) is 1.20. The SMILES string of the molecule is COC=C(OC)C(=O)Cl. The number of halogens is 1. The summed E-state index contributed by atoms with van der Waals surface area (Å²) in [6, 6.07) is 0. The van der Waals surface area contributed by atoms with Crippen molar-refractivity contribution in [2.75, 3.05) is 14.2 Å². The number of methoxy groups -OCH3 is 2. The maximum atomic E-state index is 10.3. The molecule has 4 heteroatoms. The minimum absolute atomic E-state index is 0.000772. The molecule has 0 heterocycles. The number of allylic oxidation sites excluding steroid dienone is 1. The standard InChI is InChI=1S/C5H7ClO3/c1-8-3-4(9-2)5(6)7/h3H,1-2H3. The van der Waals surface area contributed by atoms with Gasteiger partial charge in [-0.15, -0.1) is 0 Å². The fraction of sp³-hybridized carbons (Fsp3) is 0.400. The van der Waals surface area contributed by atoms with Crippen LogP contribution < -0.4 is 0 Å². The Kier molecular flexibility index (Phi) is 3.88. The van der Waals surface area contributed by atoms with Crippen molar-refractivity contribution in [2.24, 2.45) is 0 Å². The van der Waals surface area contributed by atoms with Crippen LogP contribution in [0.2, 0.25) is 0 Å². The molecule has 3 nitrogen and oxygen atoms in total. The highest BCUT2D eigenvalue weighted by Gasteiger charge is 2.03. The van der Waals surface area contributed by atoms with Gasteiger partial charge in [0.2, 0.25) is 5.76 Å². The van der Waals surface area contributed by atoms with Gasteiger partial charge in [-0.1, -0.05) is 0 Å². The van der Waals surface area contributed by atoms with E-state index in [4.69, 9.17) is 11.6 Å². The zero-order valence-electron chi connectivity index (χ0n) is 5.18. The molecule has 52 valence electrons. The van der Waals surface area contributed by atoms with Gasteiger partial charge in [-0.2, -0.15) is 0 Å². The first-order valence-electron chi connectivity index (χ1n) is 2.19. The lowest BCUT2D eigenvalue weighted by atomic mass is 10.6. The Morgan fingerprint density at radius 1 is 1.56 bits per heavy atom. The Balaban J connectivity index is 3.98. The van der Waals surface area contributed by atoms with E-state index in [9.17, 15) is 4.79 Å². The van der Waals surface area contributed by atoms with Crippen LogP contribution >= 0.6 is 11.6 Å². The van der Waals surface area contributed by atoms with Crippen LogP contribution in [0.4, 0.5) is 0 Å². The molecule has 0 amide bonds. The van der Waals surface area contributed by atoms with Crippen molar-refractivity contribution in [3.8, 4) is 0 Å². The quantitative estimate of drug-likeness (QED) is 0.341. The number of rotatable bonds is 3. The average molecular weight is 151 g/mol. The van der Waals surface area contributed by atoms with Gasteiger partial charge in [-0.05, 0) is 11.6 Å². The Morgan fingerprint density at radius 3 is 2.22 bits per heavy atom. The molecule has 0 unspecified atom stereocenters. The molecule has 0 bridgehead atoms. The van der Waals surface area contributed by atoms with Gasteiger partial charge in [0.15, 0.2) is 0 Å². The Hall–Kier alpha value is -0.700. The molecule has 0 fully saturated rings. The van der Waals surface area contributed by atoms with Crippen molar-refractivity contribution in [1.29, 1.82) is 0 Å². The van der Waals surface area contributed by atoms with E-state index in [0.29, 0.717) is 0 Å². The Labute approximate surface area is 58.2 Å². The average Bonchev–Trinajstić information content (AvgIpc) is 1.82. The van der Waals surface area contributed by atoms with Crippen LogP contribution in [-0.4, -0.2) is 19.5 Å². The van der Waals surface area contributed by atoms with E-state index < -0.39 is 5.24 Å². The molecule has 9 heavy (non-hydrogen) atoms. The molecule has 0 spiro atoms. The summed E-state index contributed by atoms with van der Waals surface area (Å²) >= 11 is 5.01. The third kappa shape index (κ3) is 2.98. The van der Waals surface area contributed by atoms with Crippen molar-refractivity contribution in [1.82, 2.24) is 0 Å². The monoisotopic (exact) mass is 150 g/mol. The van der Waals surface area contributed by atoms with Crippen LogP contribution in [0, 0.1) is 0 Å². The largest absolute Gasteiger partial charge is 0.500 e. The van der Waals surface area contributed by atoms with E-state index in [-0.39, 0.29) is 5.76 Å². The third-order valence-corrected chi connectivity index (χ3v) is 0.825. The number of hydrogen-bond donors (Lipinski definition) is 0. The van der Waals surface area contributed by atoms with E-state index in [2.05, 4.69) is 9.47 Å². The first-order valence-corrected chi connectivity index (χ1v) is 2.57. The smallest absolute Gasteiger partial charge is 0.290 e. The first-order chi connectivity index (χ1) is 4.22. The zero-order chi connectivity index (χ0) is 7.28. The number of hydrogen-bond acceptors (Lipinski definition) is 3. The summed E-state index contributed by atoms with van der Waals surface area (Å²) in [5, 5.41) is -0.667. The Morgan fingerprint density at radius 2 is 2.11 bits per heavy atom. The molecule has 0 saturated heterocycles. The second-order valence-corrected chi connectivity index (χ2v) is 1.54. The van der Waals surface area contributed by atoms with Crippen LogP contribution in [0.3, 0.4) is 0 Å².